The Kier molecular flexibility index (Phi) is 2.26. The molecule has 0 aliphatic carbocycles. The van der Waals surface area contributed by atoms with Gasteiger partial charge >= 0.3 is 0 Å². The minimum Gasteiger partial charge on any atom is -0.508 e. The summed E-state index contributed by atoms with van der Waals surface area (Å²) in [7, 11) is 0. The molecule has 0 saturated heterocycles. The molecular formula is C13H11N3O. The van der Waals surface area contributed by atoms with Crippen molar-refractivity contribution in [1.82, 2.24) is 14.5 Å². The maximum Gasteiger partial charge on any atom is 0.117 e. The Hall–Kier alpha value is -2.36. The molecule has 0 atom stereocenters. The molecule has 17 heavy (non-hydrogen) atoms. The second kappa shape index (κ2) is 3.90. The van der Waals surface area contributed by atoms with E-state index in [0.717, 1.165) is 23.0 Å². The van der Waals surface area contributed by atoms with E-state index in [4.69, 9.17) is 0 Å². The Morgan fingerprint density at radius 1 is 1.24 bits per heavy atom. The van der Waals surface area contributed by atoms with Gasteiger partial charge in [-0.1, -0.05) is 0 Å². The molecule has 0 aliphatic rings. The first-order valence-electron chi connectivity index (χ1n) is 5.35. The molecule has 2 heterocycles. The van der Waals surface area contributed by atoms with Gasteiger partial charge in [0.25, 0.3) is 0 Å². The maximum atomic E-state index is 9.35. The molecule has 1 aromatic carbocycles. The summed E-state index contributed by atoms with van der Waals surface area (Å²) in [5.74, 6) is 0.243. The van der Waals surface area contributed by atoms with Crippen molar-refractivity contribution < 1.29 is 5.11 Å². The molecule has 0 radical (unpaired) electrons. The van der Waals surface area contributed by atoms with Crippen LogP contribution in [0.2, 0.25) is 0 Å². The van der Waals surface area contributed by atoms with Crippen LogP contribution in [0.4, 0.5) is 0 Å². The third-order valence-electron chi connectivity index (χ3n) is 2.65. The topological polar surface area (TPSA) is 50.9 Å². The molecule has 0 amide bonds. The van der Waals surface area contributed by atoms with Gasteiger partial charge in [0, 0.05) is 30.0 Å². The number of pyridine rings is 1. The lowest BCUT2D eigenvalue weighted by Crippen LogP contribution is -1.97. The molecule has 3 aromatic rings. The van der Waals surface area contributed by atoms with Crippen LogP contribution in [0.15, 0.2) is 49.2 Å². The van der Waals surface area contributed by atoms with Crippen molar-refractivity contribution in [3.63, 3.8) is 0 Å². The number of aromatic nitrogens is 3. The van der Waals surface area contributed by atoms with Gasteiger partial charge in [-0.3, -0.25) is 4.98 Å². The summed E-state index contributed by atoms with van der Waals surface area (Å²) >= 11 is 0. The lowest BCUT2D eigenvalue weighted by atomic mass is 10.1. The maximum absolute atomic E-state index is 9.35. The number of hydrogen-bond donors (Lipinski definition) is 1. The number of nitrogens with zero attached hydrogens (tertiary/aromatic N) is 3. The second-order valence-electron chi connectivity index (χ2n) is 3.96. The molecule has 0 spiro atoms. The number of phenolic OH excluding ortho intramolecular Hbond substituents is 1. The number of benzene rings is 1. The van der Waals surface area contributed by atoms with Gasteiger partial charge in [0.1, 0.15) is 5.75 Å². The first-order chi connectivity index (χ1) is 8.31. The summed E-state index contributed by atoms with van der Waals surface area (Å²) in [6.45, 7) is 0.754. The monoisotopic (exact) mass is 225 g/mol. The summed E-state index contributed by atoms with van der Waals surface area (Å²) in [5.41, 5.74) is 1.92. The van der Waals surface area contributed by atoms with Gasteiger partial charge < -0.3 is 9.67 Å². The first kappa shape index (κ1) is 9.84. The zero-order valence-electron chi connectivity index (χ0n) is 9.11. The fourth-order valence-corrected chi connectivity index (χ4v) is 1.83. The van der Waals surface area contributed by atoms with E-state index >= 15 is 0 Å². The Balaban J connectivity index is 1.99. The summed E-state index contributed by atoms with van der Waals surface area (Å²) in [6.07, 6.45) is 7.27. The summed E-state index contributed by atoms with van der Waals surface area (Å²) in [6, 6.07) is 7.28. The van der Waals surface area contributed by atoms with Crippen LogP contribution < -0.4 is 0 Å². The fraction of sp³-hybridized carbons (Fsp3) is 0.0769. The quantitative estimate of drug-likeness (QED) is 0.727. The highest BCUT2D eigenvalue weighted by Gasteiger charge is 2.00. The summed E-state index contributed by atoms with van der Waals surface area (Å²) < 4.78 is 1.99. The smallest absolute Gasteiger partial charge is 0.117 e. The van der Waals surface area contributed by atoms with Gasteiger partial charge in [0.05, 0.1) is 18.4 Å². The third-order valence-corrected chi connectivity index (χ3v) is 2.65. The van der Waals surface area contributed by atoms with E-state index in [9.17, 15) is 5.11 Å². The molecule has 0 fully saturated rings. The standard InChI is InChI=1S/C13H11N3O/c17-12-2-1-11-5-10(7-15-13(11)6-12)8-16-4-3-14-9-16/h1-7,9,17H,8H2. The van der Waals surface area contributed by atoms with Crippen LogP contribution in [0.1, 0.15) is 5.56 Å². The van der Waals surface area contributed by atoms with E-state index in [1.165, 1.54) is 0 Å². The van der Waals surface area contributed by atoms with E-state index in [2.05, 4.69) is 16.0 Å². The fourth-order valence-electron chi connectivity index (χ4n) is 1.83. The van der Waals surface area contributed by atoms with Gasteiger partial charge in [-0.05, 0) is 23.8 Å². The van der Waals surface area contributed by atoms with Crippen molar-refractivity contribution in [2.45, 2.75) is 6.54 Å². The SMILES string of the molecule is Oc1ccc2cc(Cn3ccnc3)cnc2c1. The minimum absolute atomic E-state index is 0.243. The highest BCUT2D eigenvalue weighted by atomic mass is 16.3. The molecular weight excluding hydrogens is 214 g/mol. The molecule has 0 saturated carbocycles. The predicted molar refractivity (Wildman–Crippen MR) is 64.7 cm³/mol. The molecule has 4 heteroatoms. The molecule has 2 aromatic heterocycles. The van der Waals surface area contributed by atoms with Crippen molar-refractivity contribution >= 4 is 10.9 Å². The zero-order valence-corrected chi connectivity index (χ0v) is 9.11. The van der Waals surface area contributed by atoms with Crippen molar-refractivity contribution in [2.24, 2.45) is 0 Å². The van der Waals surface area contributed by atoms with Gasteiger partial charge in [-0.2, -0.15) is 0 Å². The van der Waals surface area contributed by atoms with Crippen LogP contribution in [0.3, 0.4) is 0 Å². The number of aromatic hydroxyl groups is 1. The second-order valence-corrected chi connectivity index (χ2v) is 3.96. The minimum atomic E-state index is 0.243. The average Bonchev–Trinajstić information content (AvgIpc) is 2.82. The van der Waals surface area contributed by atoms with E-state index < -0.39 is 0 Å². The van der Waals surface area contributed by atoms with Crippen LogP contribution in [0, 0.1) is 0 Å². The van der Waals surface area contributed by atoms with Crippen molar-refractivity contribution in [3.05, 3.63) is 54.7 Å². The number of imidazole rings is 1. The van der Waals surface area contributed by atoms with Gasteiger partial charge in [-0.15, -0.1) is 0 Å². The first-order valence-corrected chi connectivity index (χ1v) is 5.35. The van der Waals surface area contributed by atoms with Crippen LogP contribution in [0.5, 0.6) is 5.75 Å². The molecule has 0 unspecified atom stereocenters. The Labute approximate surface area is 98.2 Å². The van der Waals surface area contributed by atoms with Crippen molar-refractivity contribution in [1.29, 1.82) is 0 Å². The molecule has 0 aliphatic heterocycles. The van der Waals surface area contributed by atoms with Crippen LogP contribution in [0.25, 0.3) is 10.9 Å². The molecule has 0 bridgehead atoms. The van der Waals surface area contributed by atoms with E-state index in [-0.39, 0.29) is 5.75 Å². The van der Waals surface area contributed by atoms with Crippen LogP contribution in [-0.2, 0) is 6.54 Å². The van der Waals surface area contributed by atoms with Gasteiger partial charge in [-0.25, -0.2) is 4.98 Å². The summed E-state index contributed by atoms with van der Waals surface area (Å²) in [5, 5.41) is 10.4. The molecule has 3 rings (SSSR count). The van der Waals surface area contributed by atoms with Crippen LogP contribution in [-0.4, -0.2) is 19.6 Å². The normalized spacial score (nSPS) is 10.8. The Bertz CT molecular complexity index is 647. The highest BCUT2D eigenvalue weighted by Crippen LogP contribution is 2.19. The lowest BCUT2D eigenvalue weighted by Gasteiger charge is -2.04. The number of hydrogen-bond acceptors (Lipinski definition) is 3. The average molecular weight is 225 g/mol. The Morgan fingerprint density at radius 3 is 3.00 bits per heavy atom. The number of rotatable bonds is 2. The largest absolute Gasteiger partial charge is 0.508 e. The van der Waals surface area contributed by atoms with Crippen LogP contribution >= 0.6 is 0 Å². The van der Waals surface area contributed by atoms with E-state index in [1.54, 1.807) is 24.7 Å². The van der Waals surface area contributed by atoms with E-state index in [0.29, 0.717) is 0 Å². The third kappa shape index (κ3) is 1.97. The number of fused-ring (bicyclic) bond motifs is 1. The Morgan fingerprint density at radius 2 is 2.18 bits per heavy atom. The zero-order chi connectivity index (χ0) is 11.7. The van der Waals surface area contributed by atoms with Gasteiger partial charge in [0.15, 0.2) is 0 Å². The predicted octanol–water partition coefficient (Wildman–Crippen LogP) is 2.19. The van der Waals surface area contributed by atoms with Crippen molar-refractivity contribution in [3.8, 4) is 5.75 Å². The molecule has 4 nitrogen and oxygen atoms in total. The highest BCUT2D eigenvalue weighted by molar-refractivity contribution is 5.80. The summed E-state index contributed by atoms with van der Waals surface area (Å²) in [4.78, 5) is 8.33. The lowest BCUT2D eigenvalue weighted by molar-refractivity contribution is 0.476. The number of phenols is 1. The molecule has 1 N–H and O–H groups in total. The van der Waals surface area contributed by atoms with Gasteiger partial charge in [0.2, 0.25) is 0 Å². The van der Waals surface area contributed by atoms with Crippen molar-refractivity contribution in [2.75, 3.05) is 0 Å². The molecule has 84 valence electrons. The van der Waals surface area contributed by atoms with E-state index in [1.807, 2.05) is 23.0 Å².